The van der Waals surface area contributed by atoms with E-state index in [1.807, 2.05) is 41.1 Å². The molecular formula is C25H28ClN3O4. The molecule has 174 valence electrons. The minimum absolute atomic E-state index is 0.179. The summed E-state index contributed by atoms with van der Waals surface area (Å²) >= 11 is 6.53. The van der Waals surface area contributed by atoms with Gasteiger partial charge in [-0.05, 0) is 12.1 Å². The molecule has 0 unspecified atom stereocenters. The zero-order chi connectivity index (χ0) is 22.5. The van der Waals surface area contributed by atoms with Crippen molar-refractivity contribution in [2.24, 2.45) is 0 Å². The maximum absolute atomic E-state index is 6.53. The van der Waals surface area contributed by atoms with E-state index in [1.165, 1.54) is 5.69 Å². The lowest BCUT2D eigenvalue weighted by atomic mass is 10.0. The highest BCUT2D eigenvalue weighted by Gasteiger charge is 2.41. The smallest absolute Gasteiger partial charge is 0.215 e. The van der Waals surface area contributed by atoms with Crippen LogP contribution in [0.1, 0.15) is 11.1 Å². The van der Waals surface area contributed by atoms with Gasteiger partial charge in [-0.3, -0.25) is 0 Å². The van der Waals surface area contributed by atoms with Crippen LogP contribution in [0.25, 0.3) is 0 Å². The van der Waals surface area contributed by atoms with Crippen LogP contribution in [0.3, 0.4) is 0 Å². The lowest BCUT2D eigenvalue weighted by Crippen LogP contribution is -2.47. The number of morpholine rings is 1. The van der Waals surface area contributed by atoms with Crippen LogP contribution < -0.4 is 4.90 Å². The maximum atomic E-state index is 6.53. The molecule has 0 bridgehead atoms. The van der Waals surface area contributed by atoms with Gasteiger partial charge in [0.15, 0.2) is 0 Å². The fourth-order valence-electron chi connectivity index (χ4n) is 4.32. The van der Waals surface area contributed by atoms with Crippen molar-refractivity contribution in [1.29, 1.82) is 0 Å². The van der Waals surface area contributed by atoms with Crippen LogP contribution in [0.5, 0.6) is 0 Å². The van der Waals surface area contributed by atoms with Crippen molar-refractivity contribution >= 4 is 17.3 Å². The SMILES string of the molecule is Clc1ccccc1C1(Cn2ccnc2)OCC(OCc2ccccc2N2CCOCC2)CO1. The largest absolute Gasteiger partial charge is 0.378 e. The first-order valence-corrected chi connectivity index (χ1v) is 11.6. The Kier molecular flexibility index (Phi) is 6.94. The molecule has 3 heterocycles. The second-order valence-corrected chi connectivity index (χ2v) is 8.66. The Morgan fingerprint density at radius 3 is 2.55 bits per heavy atom. The van der Waals surface area contributed by atoms with Gasteiger partial charge >= 0.3 is 0 Å². The van der Waals surface area contributed by atoms with Crippen molar-refractivity contribution in [3.8, 4) is 0 Å². The van der Waals surface area contributed by atoms with Crippen molar-refractivity contribution in [2.75, 3.05) is 44.4 Å². The lowest BCUT2D eigenvalue weighted by Gasteiger charge is -2.41. The van der Waals surface area contributed by atoms with E-state index in [-0.39, 0.29) is 6.10 Å². The molecule has 2 aliphatic heterocycles. The number of nitrogens with zero attached hydrogens (tertiary/aromatic N) is 3. The molecule has 2 saturated heterocycles. The Bertz CT molecular complexity index is 1030. The summed E-state index contributed by atoms with van der Waals surface area (Å²) in [5.74, 6) is -0.995. The minimum Gasteiger partial charge on any atom is -0.378 e. The Morgan fingerprint density at radius 1 is 1.03 bits per heavy atom. The molecule has 0 saturated carbocycles. The number of hydrogen-bond donors (Lipinski definition) is 0. The number of rotatable bonds is 7. The van der Waals surface area contributed by atoms with Crippen molar-refractivity contribution in [3.63, 3.8) is 0 Å². The molecular weight excluding hydrogens is 442 g/mol. The molecule has 2 fully saturated rings. The van der Waals surface area contributed by atoms with Crippen LogP contribution in [0, 0.1) is 0 Å². The number of hydrogen-bond acceptors (Lipinski definition) is 6. The molecule has 0 aliphatic carbocycles. The Labute approximate surface area is 198 Å². The summed E-state index contributed by atoms with van der Waals surface area (Å²) in [5.41, 5.74) is 3.15. The van der Waals surface area contributed by atoms with Gasteiger partial charge in [-0.1, -0.05) is 48.0 Å². The predicted octanol–water partition coefficient (Wildman–Crippen LogP) is 3.86. The van der Waals surface area contributed by atoms with Gasteiger partial charge in [0.1, 0.15) is 6.10 Å². The van der Waals surface area contributed by atoms with E-state index < -0.39 is 5.79 Å². The van der Waals surface area contributed by atoms with E-state index in [9.17, 15) is 0 Å². The molecule has 0 radical (unpaired) electrons. The normalized spacial score (nSPS) is 23.5. The van der Waals surface area contributed by atoms with Crippen LogP contribution in [0.4, 0.5) is 5.69 Å². The molecule has 0 spiro atoms. The number of ether oxygens (including phenoxy) is 4. The number of halogens is 1. The van der Waals surface area contributed by atoms with Crippen molar-refractivity contribution < 1.29 is 18.9 Å². The molecule has 3 aromatic rings. The average Bonchev–Trinajstić information content (AvgIpc) is 3.37. The van der Waals surface area contributed by atoms with E-state index >= 15 is 0 Å². The van der Waals surface area contributed by atoms with Gasteiger partial charge in [0.05, 0.1) is 45.9 Å². The average molecular weight is 470 g/mol. The van der Waals surface area contributed by atoms with Gasteiger partial charge in [0, 0.05) is 47.3 Å². The number of imidazole rings is 1. The Morgan fingerprint density at radius 2 is 1.79 bits per heavy atom. The van der Waals surface area contributed by atoms with Gasteiger partial charge in [-0.15, -0.1) is 0 Å². The van der Waals surface area contributed by atoms with Gasteiger partial charge in [0.25, 0.3) is 0 Å². The summed E-state index contributed by atoms with van der Waals surface area (Å²) in [7, 11) is 0. The summed E-state index contributed by atoms with van der Waals surface area (Å²) in [5, 5.41) is 0.608. The van der Waals surface area contributed by atoms with E-state index in [2.05, 4.69) is 28.1 Å². The molecule has 2 aliphatic rings. The van der Waals surface area contributed by atoms with Gasteiger partial charge in [0.2, 0.25) is 5.79 Å². The monoisotopic (exact) mass is 469 g/mol. The standard InChI is InChI=1S/C25H28ClN3O4/c26-23-7-3-2-6-22(23)25(18-28-10-9-27-19-28)32-16-21(17-33-25)31-15-20-5-1-4-8-24(20)29-11-13-30-14-12-29/h1-10,19,21H,11-18H2. The molecule has 5 rings (SSSR count). The fourth-order valence-corrected chi connectivity index (χ4v) is 4.60. The highest BCUT2D eigenvalue weighted by atomic mass is 35.5. The highest BCUT2D eigenvalue weighted by Crippen LogP contribution is 2.37. The number of para-hydroxylation sites is 1. The zero-order valence-corrected chi connectivity index (χ0v) is 19.2. The van der Waals surface area contributed by atoms with E-state index in [0.717, 1.165) is 37.4 Å². The van der Waals surface area contributed by atoms with Gasteiger partial charge in [-0.25, -0.2) is 4.98 Å². The second-order valence-electron chi connectivity index (χ2n) is 8.25. The summed E-state index contributed by atoms with van der Waals surface area (Å²) < 4.78 is 26.4. The van der Waals surface area contributed by atoms with E-state index in [4.69, 9.17) is 30.5 Å². The summed E-state index contributed by atoms with van der Waals surface area (Å²) in [6.45, 7) is 5.03. The molecule has 0 N–H and O–H groups in total. The first-order valence-electron chi connectivity index (χ1n) is 11.2. The predicted molar refractivity (Wildman–Crippen MR) is 125 cm³/mol. The zero-order valence-electron chi connectivity index (χ0n) is 18.4. The summed E-state index contributed by atoms with van der Waals surface area (Å²) in [6.07, 6.45) is 5.19. The van der Waals surface area contributed by atoms with Gasteiger partial charge in [-0.2, -0.15) is 0 Å². The van der Waals surface area contributed by atoms with Crippen LogP contribution in [-0.2, 0) is 37.9 Å². The summed E-state index contributed by atoms with van der Waals surface area (Å²) in [6, 6.07) is 16.0. The van der Waals surface area contributed by atoms with Crippen LogP contribution in [-0.4, -0.2) is 55.2 Å². The first-order chi connectivity index (χ1) is 16.2. The Hall–Kier alpha value is -2.42. The van der Waals surface area contributed by atoms with E-state index in [0.29, 0.717) is 31.4 Å². The van der Waals surface area contributed by atoms with E-state index in [1.54, 1.807) is 12.5 Å². The topological polar surface area (TPSA) is 58.0 Å². The molecule has 1 aromatic heterocycles. The fraction of sp³-hybridized carbons (Fsp3) is 0.400. The number of benzene rings is 2. The van der Waals surface area contributed by atoms with Crippen molar-refractivity contribution in [1.82, 2.24) is 9.55 Å². The molecule has 33 heavy (non-hydrogen) atoms. The van der Waals surface area contributed by atoms with Crippen LogP contribution in [0.2, 0.25) is 5.02 Å². The molecule has 0 atom stereocenters. The first kappa shape index (κ1) is 22.4. The molecule has 2 aromatic carbocycles. The highest BCUT2D eigenvalue weighted by molar-refractivity contribution is 6.31. The van der Waals surface area contributed by atoms with Crippen molar-refractivity contribution in [2.45, 2.75) is 25.0 Å². The second kappa shape index (κ2) is 10.2. The van der Waals surface area contributed by atoms with Crippen molar-refractivity contribution in [3.05, 3.63) is 83.4 Å². The third-order valence-corrected chi connectivity index (χ3v) is 6.39. The number of anilines is 1. The van der Waals surface area contributed by atoms with Crippen LogP contribution >= 0.6 is 11.6 Å². The molecule has 8 heteroatoms. The Balaban J connectivity index is 1.26. The number of aromatic nitrogens is 2. The maximum Gasteiger partial charge on any atom is 0.215 e. The minimum atomic E-state index is -0.995. The third kappa shape index (κ3) is 5.08. The molecule has 7 nitrogen and oxygen atoms in total. The quantitative estimate of drug-likeness (QED) is 0.523. The third-order valence-electron chi connectivity index (χ3n) is 6.06. The summed E-state index contributed by atoms with van der Waals surface area (Å²) in [4.78, 5) is 6.49. The van der Waals surface area contributed by atoms with Crippen LogP contribution in [0.15, 0.2) is 67.3 Å². The van der Waals surface area contributed by atoms with Gasteiger partial charge < -0.3 is 28.4 Å². The molecule has 0 amide bonds. The lowest BCUT2D eigenvalue weighted by molar-refractivity contribution is -0.313.